The number of aliphatic imine (C=N–C) groups is 1. The predicted molar refractivity (Wildman–Crippen MR) is 71.0 cm³/mol. The summed E-state index contributed by atoms with van der Waals surface area (Å²) in [5, 5.41) is 10.7. The molecule has 0 aliphatic carbocycles. The number of alkyl halides is 5. The Hall–Kier alpha value is -2.51. The summed E-state index contributed by atoms with van der Waals surface area (Å²) in [5.41, 5.74) is -9.88. The van der Waals surface area contributed by atoms with Crippen LogP contribution in [0.2, 0.25) is 0 Å². The third-order valence-corrected chi connectivity index (χ3v) is 3.84. The average molecular weight is 390 g/mol. The van der Waals surface area contributed by atoms with Gasteiger partial charge in [-0.15, -0.1) is 0 Å². The van der Waals surface area contributed by atoms with E-state index >= 15 is 0 Å². The molecule has 0 amide bonds. The first-order chi connectivity index (χ1) is 11.4. The molecule has 2 rings (SSSR count). The van der Waals surface area contributed by atoms with Crippen molar-refractivity contribution in [1.82, 2.24) is 0 Å². The minimum absolute atomic E-state index is 0.539. The van der Waals surface area contributed by atoms with Gasteiger partial charge in [-0.3, -0.25) is 10.1 Å². The quantitative estimate of drug-likeness (QED) is 0.257. The van der Waals surface area contributed by atoms with E-state index in [2.05, 4.69) is 9.18 Å². The Labute approximate surface area is 136 Å². The minimum atomic E-state index is -6.24. The molecule has 0 spiro atoms. The lowest BCUT2D eigenvalue weighted by molar-refractivity contribution is -0.384. The maximum Gasteiger partial charge on any atom is 0.534 e. The van der Waals surface area contributed by atoms with Crippen molar-refractivity contribution in [1.29, 1.82) is 0 Å². The van der Waals surface area contributed by atoms with Crippen molar-refractivity contribution < 1.29 is 44.2 Å². The van der Waals surface area contributed by atoms with Crippen LogP contribution >= 0.6 is 0 Å². The lowest BCUT2D eigenvalue weighted by Crippen LogP contribution is -2.44. The zero-order valence-corrected chi connectivity index (χ0v) is 12.6. The number of rotatable bonds is 4. The molecule has 1 aliphatic heterocycles. The Balaban J connectivity index is 2.63. The molecule has 25 heavy (non-hydrogen) atoms. The predicted octanol–water partition coefficient (Wildman–Crippen LogP) is 2.24. The number of ether oxygens (including phenoxy) is 1. The van der Waals surface area contributed by atoms with Crippen LogP contribution in [0.15, 0.2) is 23.2 Å². The maximum absolute atomic E-state index is 13.1. The number of fused-ring (bicyclic) bond motifs is 1. The van der Waals surface area contributed by atoms with Gasteiger partial charge in [0.15, 0.2) is 13.3 Å². The Bertz CT molecular complexity index is 834. The monoisotopic (exact) mass is 390 g/mol. The van der Waals surface area contributed by atoms with Crippen LogP contribution in [0.4, 0.5) is 27.6 Å². The lowest BCUT2D eigenvalue weighted by Gasteiger charge is -2.30. The molecule has 1 aliphatic rings. The second kappa shape index (κ2) is 6.09. The van der Waals surface area contributed by atoms with Crippen LogP contribution < -0.4 is 4.74 Å². The minimum Gasteiger partial charge on any atom is -0.460 e. The molecule has 0 fully saturated rings. The third-order valence-electron chi connectivity index (χ3n) is 2.90. The van der Waals surface area contributed by atoms with Gasteiger partial charge in [-0.25, -0.2) is 8.78 Å². The molecule has 8 nitrogen and oxygen atoms in total. The van der Waals surface area contributed by atoms with Gasteiger partial charge in [0.1, 0.15) is 5.75 Å². The summed E-state index contributed by atoms with van der Waals surface area (Å²) >= 11 is 0. The van der Waals surface area contributed by atoms with Crippen LogP contribution in [0.5, 0.6) is 5.75 Å². The summed E-state index contributed by atoms with van der Waals surface area (Å²) in [6.07, 6.45) is 0. The van der Waals surface area contributed by atoms with Crippen LogP contribution in [0.1, 0.15) is 5.56 Å². The summed E-state index contributed by atoms with van der Waals surface area (Å²) < 4.78 is 94.5. The molecule has 1 aromatic carbocycles. The van der Waals surface area contributed by atoms with Crippen LogP contribution in [-0.2, 0) is 14.3 Å². The van der Waals surface area contributed by atoms with Gasteiger partial charge < -0.3 is 8.92 Å². The van der Waals surface area contributed by atoms with Gasteiger partial charge in [-0.1, -0.05) is 0 Å². The van der Waals surface area contributed by atoms with Crippen molar-refractivity contribution in [3.05, 3.63) is 33.9 Å². The van der Waals surface area contributed by atoms with E-state index in [4.69, 9.17) is 4.74 Å². The van der Waals surface area contributed by atoms with Gasteiger partial charge >= 0.3 is 15.6 Å². The second-order valence-electron chi connectivity index (χ2n) is 4.65. The molecule has 0 N–H and O–H groups in total. The van der Waals surface area contributed by atoms with E-state index < -0.39 is 62.5 Å². The number of non-ortho nitro benzene ring substituents is 1. The summed E-state index contributed by atoms with van der Waals surface area (Å²) in [5.74, 6) is -1.92. The molecule has 0 unspecified atom stereocenters. The summed E-state index contributed by atoms with van der Waals surface area (Å²) in [6, 6.07) is 2.26. The van der Waals surface area contributed by atoms with Crippen molar-refractivity contribution in [3.8, 4) is 5.75 Å². The van der Waals surface area contributed by atoms with Crippen molar-refractivity contribution in [2.45, 2.75) is 11.2 Å². The standard InChI is InChI=1S/C11H7F5N2O6S/c12-4-10(5-13)17-9(24-25(21,22)11(14,15)16)7-3-6(18(19)20)1-2-8(7)23-10/h1-3H,4-5H2. The highest BCUT2D eigenvalue weighted by Gasteiger charge is 2.51. The van der Waals surface area contributed by atoms with Gasteiger partial charge in [0.2, 0.25) is 5.90 Å². The van der Waals surface area contributed by atoms with Crippen LogP contribution in [0.3, 0.4) is 0 Å². The van der Waals surface area contributed by atoms with E-state index in [-0.39, 0.29) is 0 Å². The average Bonchev–Trinajstić information content (AvgIpc) is 2.52. The highest BCUT2D eigenvalue weighted by atomic mass is 32.2. The number of benzene rings is 1. The number of nitrogens with zero attached hydrogens (tertiary/aromatic N) is 2. The highest BCUT2D eigenvalue weighted by molar-refractivity contribution is 7.88. The number of hydrogen-bond acceptors (Lipinski definition) is 7. The molecular weight excluding hydrogens is 383 g/mol. The summed E-state index contributed by atoms with van der Waals surface area (Å²) in [4.78, 5) is 12.9. The van der Waals surface area contributed by atoms with Crippen molar-refractivity contribution in [2.24, 2.45) is 4.99 Å². The van der Waals surface area contributed by atoms with Gasteiger partial charge in [0, 0.05) is 12.1 Å². The smallest absolute Gasteiger partial charge is 0.460 e. The largest absolute Gasteiger partial charge is 0.534 e. The third kappa shape index (κ3) is 3.47. The van der Waals surface area contributed by atoms with Crippen molar-refractivity contribution >= 4 is 21.7 Å². The molecule has 1 heterocycles. The first-order valence-corrected chi connectivity index (χ1v) is 7.56. The number of halogens is 5. The van der Waals surface area contributed by atoms with E-state index in [0.717, 1.165) is 12.1 Å². The van der Waals surface area contributed by atoms with Crippen LogP contribution in [0.25, 0.3) is 0 Å². The summed E-state index contributed by atoms with van der Waals surface area (Å²) in [7, 11) is -6.24. The molecule has 0 saturated heterocycles. The van der Waals surface area contributed by atoms with E-state index in [0.29, 0.717) is 6.07 Å². The summed E-state index contributed by atoms with van der Waals surface area (Å²) in [6.45, 7) is -3.34. The molecular formula is C11H7F5N2O6S. The topological polar surface area (TPSA) is 108 Å². The van der Waals surface area contributed by atoms with Gasteiger partial charge in [-0.2, -0.15) is 26.6 Å². The number of nitro benzene ring substituents is 1. The highest BCUT2D eigenvalue weighted by Crippen LogP contribution is 2.36. The Morgan fingerprint density at radius 1 is 1.28 bits per heavy atom. The zero-order chi connectivity index (χ0) is 19.0. The Morgan fingerprint density at radius 3 is 2.36 bits per heavy atom. The molecule has 0 aromatic heterocycles. The maximum atomic E-state index is 13.1. The number of hydrogen-bond donors (Lipinski definition) is 0. The van der Waals surface area contributed by atoms with E-state index in [9.17, 15) is 40.5 Å². The zero-order valence-electron chi connectivity index (χ0n) is 11.8. The van der Waals surface area contributed by atoms with Gasteiger partial charge in [-0.05, 0) is 6.07 Å². The second-order valence-corrected chi connectivity index (χ2v) is 6.19. The molecule has 0 radical (unpaired) electrons. The fourth-order valence-electron chi connectivity index (χ4n) is 1.73. The van der Waals surface area contributed by atoms with Crippen molar-refractivity contribution in [3.63, 3.8) is 0 Å². The first-order valence-electron chi connectivity index (χ1n) is 6.15. The SMILES string of the molecule is O=[N+]([O-])c1ccc2c(c1)C(OS(=O)(=O)C(F)(F)F)=NC(CF)(CF)O2. The normalized spacial score (nSPS) is 16.4. The Kier molecular flexibility index (Phi) is 4.59. The fraction of sp³-hybridized carbons (Fsp3) is 0.364. The molecule has 1 aromatic rings. The molecule has 14 heteroatoms. The van der Waals surface area contributed by atoms with Gasteiger partial charge in [0.25, 0.3) is 11.4 Å². The van der Waals surface area contributed by atoms with E-state index in [1.54, 1.807) is 0 Å². The Morgan fingerprint density at radius 2 is 1.88 bits per heavy atom. The first kappa shape index (κ1) is 18.8. The molecule has 0 atom stereocenters. The van der Waals surface area contributed by atoms with Crippen LogP contribution in [0, 0.1) is 10.1 Å². The molecule has 138 valence electrons. The molecule has 0 bridgehead atoms. The fourth-order valence-corrected chi connectivity index (χ4v) is 2.15. The van der Waals surface area contributed by atoms with E-state index in [1.807, 2.05) is 0 Å². The lowest BCUT2D eigenvalue weighted by atomic mass is 10.1. The van der Waals surface area contributed by atoms with Crippen LogP contribution in [-0.4, -0.2) is 43.8 Å². The number of nitro groups is 1. The van der Waals surface area contributed by atoms with E-state index in [1.165, 1.54) is 0 Å². The molecule has 0 saturated carbocycles. The van der Waals surface area contributed by atoms with Crippen molar-refractivity contribution in [2.75, 3.05) is 13.3 Å². The van der Waals surface area contributed by atoms with Gasteiger partial charge in [0.05, 0.1) is 10.5 Å².